The van der Waals surface area contributed by atoms with Crippen LogP contribution in [0.15, 0.2) is 22.7 Å². The first-order chi connectivity index (χ1) is 12.8. The van der Waals surface area contributed by atoms with Gasteiger partial charge in [0.25, 0.3) is 0 Å². The molecule has 1 atom stereocenters. The predicted molar refractivity (Wildman–Crippen MR) is 93.3 cm³/mol. The highest BCUT2D eigenvalue weighted by Crippen LogP contribution is 2.22. The zero-order valence-electron chi connectivity index (χ0n) is 15.1. The number of piperidine rings is 1. The number of aromatic nitrogens is 2. The molecule has 2 aromatic rings. The first-order valence-corrected chi connectivity index (χ1v) is 8.73. The van der Waals surface area contributed by atoms with Crippen molar-refractivity contribution in [2.45, 2.75) is 32.7 Å². The molecule has 1 unspecified atom stereocenters. The van der Waals surface area contributed by atoms with E-state index in [0.717, 1.165) is 0 Å². The van der Waals surface area contributed by atoms with Crippen LogP contribution in [0.3, 0.4) is 0 Å². The third kappa shape index (κ3) is 4.24. The summed E-state index contributed by atoms with van der Waals surface area (Å²) in [6.45, 7) is 4.13. The van der Waals surface area contributed by atoms with Crippen molar-refractivity contribution in [3.05, 3.63) is 35.5 Å². The number of hydrogen-bond acceptors (Lipinski definition) is 5. The van der Waals surface area contributed by atoms with Crippen LogP contribution in [0, 0.1) is 18.7 Å². The largest absolute Gasteiger partial charge is 0.481 e. The van der Waals surface area contributed by atoms with Crippen molar-refractivity contribution in [1.29, 1.82) is 0 Å². The molecule has 1 fully saturated rings. The number of nitrogens with one attached hydrogen (secondary N) is 1. The van der Waals surface area contributed by atoms with Gasteiger partial charge in [0.2, 0.25) is 11.7 Å². The Morgan fingerprint density at radius 1 is 1.37 bits per heavy atom. The van der Waals surface area contributed by atoms with Crippen LogP contribution < -0.4 is 5.32 Å². The summed E-state index contributed by atoms with van der Waals surface area (Å²) in [6.07, 6.45) is 0.863. The number of aryl methyl sites for hydroxylation is 1. The topological polar surface area (TPSA) is 109 Å². The number of halogens is 1. The van der Waals surface area contributed by atoms with Crippen LogP contribution in [0.5, 0.6) is 0 Å². The molecule has 1 aliphatic rings. The molecule has 144 valence electrons. The molecule has 1 aliphatic heterocycles. The number of carbonyl (C=O) groups is 2. The molecular weight excluding hydrogens is 355 g/mol. The van der Waals surface area contributed by atoms with E-state index in [-0.39, 0.29) is 23.6 Å². The Hall–Kier alpha value is -2.97. The second-order valence-corrected chi connectivity index (χ2v) is 6.69. The number of carboxylic acids is 1. The van der Waals surface area contributed by atoms with Crippen LogP contribution >= 0.6 is 0 Å². The Labute approximate surface area is 155 Å². The number of urea groups is 1. The number of hydrogen-bond donors (Lipinski definition) is 2. The van der Waals surface area contributed by atoms with Crippen LogP contribution in [0.1, 0.15) is 37.3 Å². The highest BCUT2D eigenvalue weighted by Gasteiger charge is 2.28. The Morgan fingerprint density at radius 3 is 2.70 bits per heavy atom. The lowest BCUT2D eigenvalue weighted by Crippen LogP contribution is -2.46. The van der Waals surface area contributed by atoms with Gasteiger partial charge >= 0.3 is 12.0 Å². The number of benzene rings is 1. The fourth-order valence-corrected chi connectivity index (χ4v) is 2.93. The zero-order chi connectivity index (χ0) is 19.6. The van der Waals surface area contributed by atoms with Gasteiger partial charge in [-0.05, 0) is 38.3 Å². The minimum absolute atomic E-state index is 0.208. The number of nitrogens with zero attached hydrogens (tertiary/aromatic N) is 3. The van der Waals surface area contributed by atoms with E-state index in [9.17, 15) is 14.0 Å². The SMILES string of the molecule is Cc1ccc(-c2noc(C(C)NC(=O)N3CCC(C(=O)O)CC3)n2)cc1F. The average Bonchev–Trinajstić information content (AvgIpc) is 3.14. The van der Waals surface area contributed by atoms with Gasteiger partial charge < -0.3 is 19.8 Å². The molecule has 1 aromatic heterocycles. The Bertz CT molecular complexity index is 846. The van der Waals surface area contributed by atoms with Crippen LogP contribution in [0.25, 0.3) is 11.4 Å². The van der Waals surface area contributed by atoms with Crippen molar-refractivity contribution in [2.24, 2.45) is 5.92 Å². The summed E-state index contributed by atoms with van der Waals surface area (Å²) in [5.74, 6) is -1.13. The van der Waals surface area contributed by atoms with E-state index >= 15 is 0 Å². The molecule has 27 heavy (non-hydrogen) atoms. The van der Waals surface area contributed by atoms with Crippen LogP contribution in [-0.4, -0.2) is 45.2 Å². The Kier molecular flexibility index (Phi) is 5.38. The van der Waals surface area contributed by atoms with E-state index < -0.39 is 17.9 Å². The minimum atomic E-state index is -0.825. The van der Waals surface area contributed by atoms with E-state index in [1.807, 2.05) is 0 Å². The molecule has 9 heteroatoms. The second-order valence-electron chi connectivity index (χ2n) is 6.69. The van der Waals surface area contributed by atoms with Crippen molar-refractivity contribution in [1.82, 2.24) is 20.4 Å². The van der Waals surface area contributed by atoms with Crippen molar-refractivity contribution in [3.63, 3.8) is 0 Å². The number of likely N-dealkylation sites (tertiary alicyclic amines) is 1. The molecule has 2 N–H and O–H groups in total. The maximum absolute atomic E-state index is 13.7. The molecular formula is C18H21FN4O4. The Balaban J connectivity index is 1.61. The minimum Gasteiger partial charge on any atom is -0.481 e. The van der Waals surface area contributed by atoms with E-state index in [1.165, 1.54) is 6.07 Å². The number of rotatable bonds is 4. The van der Waals surface area contributed by atoms with Gasteiger partial charge in [-0.25, -0.2) is 9.18 Å². The highest BCUT2D eigenvalue weighted by molar-refractivity contribution is 5.75. The summed E-state index contributed by atoms with van der Waals surface area (Å²) in [7, 11) is 0. The molecule has 0 aliphatic carbocycles. The van der Waals surface area contributed by atoms with E-state index in [2.05, 4.69) is 15.5 Å². The molecule has 3 rings (SSSR count). The number of amides is 2. The molecule has 8 nitrogen and oxygen atoms in total. The van der Waals surface area contributed by atoms with Gasteiger partial charge in [0.1, 0.15) is 11.9 Å². The molecule has 2 amide bonds. The highest BCUT2D eigenvalue weighted by atomic mass is 19.1. The van der Waals surface area contributed by atoms with E-state index in [4.69, 9.17) is 9.63 Å². The van der Waals surface area contributed by atoms with E-state index in [0.29, 0.717) is 37.1 Å². The molecule has 0 spiro atoms. The van der Waals surface area contributed by atoms with Crippen LogP contribution in [0.2, 0.25) is 0 Å². The van der Waals surface area contributed by atoms with E-state index in [1.54, 1.807) is 30.9 Å². The van der Waals surface area contributed by atoms with Crippen molar-refractivity contribution in [2.75, 3.05) is 13.1 Å². The maximum atomic E-state index is 13.7. The number of aliphatic carboxylic acids is 1. The maximum Gasteiger partial charge on any atom is 0.318 e. The lowest BCUT2D eigenvalue weighted by atomic mass is 9.97. The first-order valence-electron chi connectivity index (χ1n) is 8.73. The van der Waals surface area contributed by atoms with Gasteiger partial charge in [0.15, 0.2) is 0 Å². The predicted octanol–water partition coefficient (Wildman–Crippen LogP) is 2.75. The quantitative estimate of drug-likeness (QED) is 0.849. The molecule has 0 bridgehead atoms. The summed E-state index contributed by atoms with van der Waals surface area (Å²) in [5, 5.41) is 15.6. The third-order valence-corrected chi connectivity index (χ3v) is 4.71. The van der Waals surface area contributed by atoms with Gasteiger partial charge in [-0.3, -0.25) is 4.79 Å². The lowest BCUT2D eigenvalue weighted by Gasteiger charge is -2.30. The lowest BCUT2D eigenvalue weighted by molar-refractivity contribution is -0.143. The van der Waals surface area contributed by atoms with Gasteiger partial charge in [0.05, 0.1) is 5.92 Å². The average molecular weight is 376 g/mol. The van der Waals surface area contributed by atoms with Gasteiger partial charge in [-0.15, -0.1) is 0 Å². The Morgan fingerprint density at radius 2 is 2.07 bits per heavy atom. The summed E-state index contributed by atoms with van der Waals surface area (Å²) >= 11 is 0. The normalized spacial score (nSPS) is 16.2. The summed E-state index contributed by atoms with van der Waals surface area (Å²) < 4.78 is 18.9. The standard InChI is InChI=1S/C18H21FN4O4/c1-10-3-4-13(9-14(10)19)15-21-16(27-22-15)11(2)20-18(26)23-7-5-12(6-8-23)17(24)25/h3-4,9,11-12H,5-8H2,1-2H3,(H,20,26)(H,24,25). The zero-order valence-corrected chi connectivity index (χ0v) is 15.1. The summed E-state index contributed by atoms with van der Waals surface area (Å²) in [6, 6.07) is 3.81. The fourth-order valence-electron chi connectivity index (χ4n) is 2.93. The van der Waals surface area contributed by atoms with Gasteiger partial charge in [-0.2, -0.15) is 4.98 Å². The van der Waals surface area contributed by atoms with Crippen LogP contribution in [-0.2, 0) is 4.79 Å². The molecule has 1 aromatic carbocycles. The van der Waals surface area contributed by atoms with Crippen molar-refractivity contribution >= 4 is 12.0 Å². The molecule has 1 saturated heterocycles. The smallest absolute Gasteiger partial charge is 0.318 e. The van der Waals surface area contributed by atoms with Crippen molar-refractivity contribution < 1.29 is 23.6 Å². The molecule has 0 radical (unpaired) electrons. The summed E-state index contributed by atoms with van der Waals surface area (Å²) in [4.78, 5) is 29.1. The third-order valence-electron chi connectivity index (χ3n) is 4.71. The second kappa shape index (κ2) is 7.73. The number of carbonyl (C=O) groups excluding carboxylic acids is 1. The first kappa shape index (κ1) is 18.8. The van der Waals surface area contributed by atoms with Crippen molar-refractivity contribution in [3.8, 4) is 11.4 Å². The molecule has 2 heterocycles. The van der Waals surface area contributed by atoms with Gasteiger partial charge in [-0.1, -0.05) is 17.3 Å². The van der Waals surface area contributed by atoms with Crippen LogP contribution in [0.4, 0.5) is 9.18 Å². The number of carboxylic acid groups (broad SMARTS) is 1. The van der Waals surface area contributed by atoms with Gasteiger partial charge in [0, 0.05) is 18.7 Å². The molecule has 0 saturated carbocycles. The fraction of sp³-hybridized carbons (Fsp3) is 0.444. The summed E-state index contributed by atoms with van der Waals surface area (Å²) in [5.41, 5.74) is 1.01. The monoisotopic (exact) mass is 376 g/mol.